The first-order valence-corrected chi connectivity index (χ1v) is 7.78. The monoisotopic (exact) mass is 307 g/mol. The highest BCUT2D eigenvalue weighted by Gasteiger charge is 2.30. The van der Waals surface area contributed by atoms with E-state index in [0.717, 1.165) is 25.9 Å². The van der Waals surface area contributed by atoms with E-state index in [9.17, 15) is 0 Å². The molecule has 23 heavy (non-hydrogen) atoms. The minimum atomic E-state index is 0.174. The average Bonchev–Trinajstić information content (AvgIpc) is 3.25. The molecule has 0 amide bonds. The molecule has 0 bridgehead atoms. The summed E-state index contributed by atoms with van der Waals surface area (Å²) >= 11 is 0. The minimum absolute atomic E-state index is 0.174. The topological polar surface area (TPSA) is 67.9 Å². The van der Waals surface area contributed by atoms with Crippen molar-refractivity contribution in [2.75, 3.05) is 6.54 Å². The SMILES string of the molecule is c1ccc(CN2CCCC2c2nnc(-c3cnccn3)o2)cc1. The maximum atomic E-state index is 5.86. The second-order valence-corrected chi connectivity index (χ2v) is 5.65. The number of likely N-dealkylation sites (tertiary alicyclic amines) is 1. The predicted molar refractivity (Wildman–Crippen MR) is 84.2 cm³/mol. The Labute approximate surface area is 134 Å². The van der Waals surface area contributed by atoms with E-state index in [1.165, 1.54) is 5.56 Å². The van der Waals surface area contributed by atoms with Gasteiger partial charge in [0.25, 0.3) is 5.89 Å². The molecule has 1 fully saturated rings. The van der Waals surface area contributed by atoms with E-state index in [4.69, 9.17) is 4.42 Å². The van der Waals surface area contributed by atoms with Crippen LogP contribution in [0.25, 0.3) is 11.6 Å². The lowest BCUT2D eigenvalue weighted by Crippen LogP contribution is -2.22. The van der Waals surface area contributed by atoms with E-state index in [1.54, 1.807) is 18.6 Å². The minimum Gasteiger partial charge on any atom is -0.417 e. The summed E-state index contributed by atoms with van der Waals surface area (Å²) in [4.78, 5) is 10.6. The molecule has 1 unspecified atom stereocenters. The quantitative estimate of drug-likeness (QED) is 0.738. The van der Waals surface area contributed by atoms with Gasteiger partial charge in [-0.3, -0.25) is 9.88 Å². The summed E-state index contributed by atoms with van der Waals surface area (Å²) in [5, 5.41) is 8.37. The molecule has 116 valence electrons. The first-order chi connectivity index (χ1) is 11.4. The highest BCUT2D eigenvalue weighted by atomic mass is 16.4. The fraction of sp³-hybridized carbons (Fsp3) is 0.294. The third kappa shape index (κ3) is 2.98. The van der Waals surface area contributed by atoms with E-state index in [-0.39, 0.29) is 6.04 Å². The molecule has 0 aliphatic carbocycles. The molecule has 1 aromatic carbocycles. The Kier molecular flexibility index (Phi) is 3.81. The van der Waals surface area contributed by atoms with Crippen LogP contribution in [0.1, 0.15) is 30.3 Å². The zero-order valence-electron chi connectivity index (χ0n) is 12.7. The molecule has 0 N–H and O–H groups in total. The lowest BCUT2D eigenvalue weighted by Gasteiger charge is -2.21. The molecule has 0 saturated carbocycles. The maximum absolute atomic E-state index is 5.86. The van der Waals surface area contributed by atoms with E-state index in [0.29, 0.717) is 17.5 Å². The van der Waals surface area contributed by atoms with Gasteiger partial charge in [-0.25, -0.2) is 4.98 Å². The summed E-state index contributed by atoms with van der Waals surface area (Å²) in [6.45, 7) is 1.94. The first kappa shape index (κ1) is 14.0. The van der Waals surface area contributed by atoms with Crippen LogP contribution in [0, 0.1) is 0 Å². The van der Waals surface area contributed by atoms with Crippen LogP contribution < -0.4 is 0 Å². The van der Waals surface area contributed by atoms with Crippen molar-refractivity contribution in [2.24, 2.45) is 0 Å². The van der Waals surface area contributed by atoms with Crippen molar-refractivity contribution in [1.82, 2.24) is 25.1 Å². The molecule has 6 heteroatoms. The largest absolute Gasteiger partial charge is 0.417 e. The Morgan fingerprint density at radius 1 is 1.13 bits per heavy atom. The van der Waals surface area contributed by atoms with Gasteiger partial charge in [-0.15, -0.1) is 10.2 Å². The van der Waals surface area contributed by atoms with Crippen LogP contribution in [0.3, 0.4) is 0 Å². The van der Waals surface area contributed by atoms with Crippen LogP contribution in [0.2, 0.25) is 0 Å². The van der Waals surface area contributed by atoms with Gasteiger partial charge in [0.2, 0.25) is 5.89 Å². The second kappa shape index (κ2) is 6.26. The summed E-state index contributed by atoms with van der Waals surface area (Å²) in [6, 6.07) is 10.6. The number of nitrogens with zero attached hydrogens (tertiary/aromatic N) is 5. The molecule has 1 aliphatic rings. The third-order valence-corrected chi connectivity index (χ3v) is 4.10. The molecule has 3 aromatic rings. The number of rotatable bonds is 4. The first-order valence-electron chi connectivity index (χ1n) is 7.78. The molecule has 1 atom stereocenters. The fourth-order valence-corrected chi connectivity index (χ4v) is 3.00. The molecule has 6 nitrogen and oxygen atoms in total. The summed E-state index contributed by atoms with van der Waals surface area (Å²) in [7, 11) is 0. The lowest BCUT2D eigenvalue weighted by atomic mass is 10.2. The van der Waals surface area contributed by atoms with Crippen LogP contribution in [0.5, 0.6) is 0 Å². The Morgan fingerprint density at radius 2 is 2.04 bits per heavy atom. The van der Waals surface area contributed by atoms with Gasteiger partial charge in [0.1, 0.15) is 5.69 Å². The molecule has 3 heterocycles. The smallest absolute Gasteiger partial charge is 0.267 e. The molecular weight excluding hydrogens is 290 g/mol. The van der Waals surface area contributed by atoms with Crippen LogP contribution in [-0.2, 0) is 6.54 Å². The van der Waals surface area contributed by atoms with Crippen LogP contribution in [-0.4, -0.2) is 31.6 Å². The molecule has 0 radical (unpaired) electrons. The normalized spacial score (nSPS) is 18.3. The number of aromatic nitrogens is 4. The molecule has 1 saturated heterocycles. The van der Waals surface area contributed by atoms with E-state index < -0.39 is 0 Å². The van der Waals surface area contributed by atoms with Crippen LogP contribution in [0.4, 0.5) is 0 Å². The predicted octanol–water partition coefficient (Wildman–Crippen LogP) is 2.86. The van der Waals surface area contributed by atoms with Crippen molar-refractivity contribution in [1.29, 1.82) is 0 Å². The Balaban J connectivity index is 1.54. The van der Waals surface area contributed by atoms with E-state index >= 15 is 0 Å². The summed E-state index contributed by atoms with van der Waals surface area (Å²) in [5.41, 5.74) is 1.91. The second-order valence-electron chi connectivity index (χ2n) is 5.65. The number of benzene rings is 1. The Morgan fingerprint density at radius 3 is 2.87 bits per heavy atom. The summed E-state index contributed by atoms with van der Waals surface area (Å²) in [5.74, 6) is 1.10. The summed E-state index contributed by atoms with van der Waals surface area (Å²) < 4.78 is 5.86. The van der Waals surface area contributed by atoms with Gasteiger partial charge in [0, 0.05) is 18.9 Å². The lowest BCUT2D eigenvalue weighted by molar-refractivity contribution is 0.215. The van der Waals surface area contributed by atoms with Crippen molar-refractivity contribution in [3.63, 3.8) is 0 Å². The van der Waals surface area contributed by atoms with Gasteiger partial charge in [-0.1, -0.05) is 30.3 Å². The number of hydrogen-bond donors (Lipinski definition) is 0. The van der Waals surface area contributed by atoms with Gasteiger partial charge >= 0.3 is 0 Å². The number of hydrogen-bond acceptors (Lipinski definition) is 6. The summed E-state index contributed by atoms with van der Waals surface area (Å²) in [6.07, 6.45) is 7.05. The third-order valence-electron chi connectivity index (χ3n) is 4.10. The van der Waals surface area contributed by atoms with Gasteiger partial charge in [0.15, 0.2) is 0 Å². The van der Waals surface area contributed by atoms with E-state index in [1.807, 2.05) is 6.07 Å². The van der Waals surface area contributed by atoms with Crippen LogP contribution >= 0.6 is 0 Å². The molecular formula is C17H17N5O. The van der Waals surface area contributed by atoms with Gasteiger partial charge in [-0.2, -0.15) is 0 Å². The molecule has 2 aromatic heterocycles. The van der Waals surface area contributed by atoms with E-state index in [2.05, 4.69) is 49.3 Å². The van der Waals surface area contributed by atoms with Crippen molar-refractivity contribution in [3.8, 4) is 11.6 Å². The zero-order valence-corrected chi connectivity index (χ0v) is 12.7. The maximum Gasteiger partial charge on any atom is 0.267 e. The van der Waals surface area contributed by atoms with Gasteiger partial charge < -0.3 is 4.42 Å². The molecule has 4 rings (SSSR count). The molecule has 0 spiro atoms. The van der Waals surface area contributed by atoms with Gasteiger partial charge in [-0.05, 0) is 24.9 Å². The average molecular weight is 307 g/mol. The van der Waals surface area contributed by atoms with Crippen molar-refractivity contribution in [2.45, 2.75) is 25.4 Å². The Hall–Kier alpha value is -2.60. The van der Waals surface area contributed by atoms with Crippen LogP contribution in [0.15, 0.2) is 53.3 Å². The van der Waals surface area contributed by atoms with Crippen molar-refractivity contribution < 1.29 is 4.42 Å². The van der Waals surface area contributed by atoms with Gasteiger partial charge in [0.05, 0.1) is 12.2 Å². The van der Waals surface area contributed by atoms with Crippen molar-refractivity contribution >= 4 is 0 Å². The fourth-order valence-electron chi connectivity index (χ4n) is 3.00. The zero-order chi connectivity index (χ0) is 15.5. The molecule has 1 aliphatic heterocycles. The highest BCUT2D eigenvalue weighted by Crippen LogP contribution is 2.33. The Bertz CT molecular complexity index is 759. The highest BCUT2D eigenvalue weighted by molar-refractivity contribution is 5.43. The van der Waals surface area contributed by atoms with Crippen molar-refractivity contribution in [3.05, 3.63) is 60.4 Å². The standard InChI is InChI=1S/C17H17N5O/c1-2-5-13(6-3-1)12-22-10-4-7-15(22)17-21-20-16(23-17)14-11-18-8-9-19-14/h1-3,5-6,8-9,11,15H,4,7,10,12H2.